The fraction of sp³-hybridized carbons (Fsp3) is 0.533. The maximum atomic E-state index is 4.31. The summed E-state index contributed by atoms with van der Waals surface area (Å²) in [7, 11) is 0. The number of benzene rings is 1. The van der Waals surface area contributed by atoms with E-state index < -0.39 is 0 Å². The van der Waals surface area contributed by atoms with Gasteiger partial charge in [0.2, 0.25) is 0 Å². The summed E-state index contributed by atoms with van der Waals surface area (Å²) in [5.41, 5.74) is 2.79. The van der Waals surface area contributed by atoms with E-state index in [0.29, 0.717) is 6.04 Å². The lowest BCUT2D eigenvalue weighted by molar-refractivity contribution is 0.399. The third-order valence-corrected chi connectivity index (χ3v) is 3.87. The highest BCUT2D eigenvalue weighted by Gasteiger charge is 2.17. The van der Waals surface area contributed by atoms with E-state index in [1.165, 1.54) is 37.1 Å². The Morgan fingerprint density at radius 1 is 1.28 bits per heavy atom. The van der Waals surface area contributed by atoms with Crippen LogP contribution in [0.4, 0.5) is 5.69 Å². The smallest absolute Gasteiger partial charge is 0.0895 e. The first-order valence-corrected chi connectivity index (χ1v) is 7.01. The molecule has 1 unspecified atom stereocenters. The maximum Gasteiger partial charge on any atom is 0.0895 e. The maximum absolute atomic E-state index is 4.31. The second kappa shape index (κ2) is 5.53. The Kier molecular flexibility index (Phi) is 3.60. The van der Waals surface area contributed by atoms with Gasteiger partial charge in [-0.1, -0.05) is 24.6 Å². The first-order valence-electron chi connectivity index (χ1n) is 7.01. The molecule has 1 atom stereocenters. The van der Waals surface area contributed by atoms with Gasteiger partial charge in [0.05, 0.1) is 12.9 Å². The second-order valence-corrected chi connectivity index (χ2v) is 5.19. The Balaban J connectivity index is 1.75. The molecule has 1 N–H and O–H groups in total. The third-order valence-electron chi connectivity index (χ3n) is 3.87. The van der Waals surface area contributed by atoms with Crippen LogP contribution in [0.25, 0.3) is 0 Å². The van der Waals surface area contributed by atoms with Gasteiger partial charge in [-0.05, 0) is 37.4 Å². The van der Waals surface area contributed by atoms with Crippen molar-refractivity contribution in [3.8, 4) is 0 Å². The molecule has 0 aliphatic carbocycles. The fourth-order valence-electron chi connectivity index (χ4n) is 2.89. The number of rotatable bonds is 3. The molecule has 2 aliphatic heterocycles. The number of anilines is 1. The molecule has 3 nitrogen and oxygen atoms in total. The summed E-state index contributed by atoms with van der Waals surface area (Å²) in [4.78, 5) is 6.59. The van der Waals surface area contributed by atoms with Crippen molar-refractivity contribution in [1.29, 1.82) is 0 Å². The molecule has 1 saturated heterocycles. The zero-order valence-electron chi connectivity index (χ0n) is 10.8. The van der Waals surface area contributed by atoms with Gasteiger partial charge in [0.1, 0.15) is 0 Å². The average molecular weight is 243 g/mol. The highest BCUT2D eigenvalue weighted by molar-refractivity contribution is 5.82. The lowest BCUT2D eigenvalue weighted by Crippen LogP contribution is -2.36. The van der Waals surface area contributed by atoms with Crippen molar-refractivity contribution in [3.05, 3.63) is 29.8 Å². The molecular formula is C15H21N3. The largest absolute Gasteiger partial charge is 0.331 e. The standard InChI is InChI=1S/C15H21N3/c1-2-7-15(18-10-9-16-12-18)13(5-1)11-14-6-3-4-8-17-14/h1-2,5,7,12,14,17H,3-4,6,8-11H2. The zero-order valence-corrected chi connectivity index (χ0v) is 10.8. The van der Waals surface area contributed by atoms with Crippen LogP contribution in [0.1, 0.15) is 24.8 Å². The molecule has 3 heteroatoms. The Bertz CT molecular complexity index is 422. The zero-order chi connectivity index (χ0) is 12.2. The second-order valence-electron chi connectivity index (χ2n) is 5.19. The van der Waals surface area contributed by atoms with E-state index in [2.05, 4.69) is 39.5 Å². The van der Waals surface area contributed by atoms with E-state index in [-0.39, 0.29) is 0 Å². The molecule has 0 aromatic heterocycles. The van der Waals surface area contributed by atoms with Gasteiger partial charge in [-0.2, -0.15) is 0 Å². The van der Waals surface area contributed by atoms with Crippen LogP contribution in [-0.2, 0) is 6.42 Å². The molecule has 18 heavy (non-hydrogen) atoms. The first kappa shape index (κ1) is 11.7. The van der Waals surface area contributed by atoms with E-state index in [1.807, 2.05) is 6.34 Å². The molecule has 96 valence electrons. The molecule has 0 saturated carbocycles. The predicted molar refractivity (Wildman–Crippen MR) is 76.5 cm³/mol. The van der Waals surface area contributed by atoms with Crippen molar-refractivity contribution in [1.82, 2.24) is 5.32 Å². The van der Waals surface area contributed by atoms with Crippen molar-refractivity contribution in [2.24, 2.45) is 4.99 Å². The summed E-state index contributed by atoms with van der Waals surface area (Å²) in [5.74, 6) is 0. The summed E-state index contributed by atoms with van der Waals surface area (Å²) >= 11 is 0. The highest BCUT2D eigenvalue weighted by Crippen LogP contribution is 2.23. The van der Waals surface area contributed by atoms with Crippen LogP contribution in [0.15, 0.2) is 29.3 Å². The van der Waals surface area contributed by atoms with E-state index in [0.717, 1.165) is 19.5 Å². The fourth-order valence-corrected chi connectivity index (χ4v) is 2.89. The monoisotopic (exact) mass is 243 g/mol. The molecule has 0 amide bonds. The van der Waals surface area contributed by atoms with Crippen molar-refractivity contribution in [2.75, 3.05) is 24.5 Å². The lowest BCUT2D eigenvalue weighted by atomic mass is 9.96. The lowest BCUT2D eigenvalue weighted by Gasteiger charge is -2.26. The van der Waals surface area contributed by atoms with E-state index in [1.54, 1.807) is 0 Å². The Morgan fingerprint density at radius 2 is 2.22 bits per heavy atom. The minimum atomic E-state index is 0.652. The van der Waals surface area contributed by atoms with Crippen LogP contribution in [0, 0.1) is 0 Å². The molecule has 3 rings (SSSR count). The molecule has 0 spiro atoms. The summed E-state index contributed by atoms with van der Waals surface area (Å²) in [5, 5.41) is 3.63. The third kappa shape index (κ3) is 2.56. The van der Waals surface area contributed by atoms with Gasteiger partial charge in [-0.3, -0.25) is 4.99 Å². The van der Waals surface area contributed by atoms with Gasteiger partial charge in [0, 0.05) is 18.3 Å². The number of aliphatic imine (C=N–C) groups is 1. The number of nitrogens with zero attached hydrogens (tertiary/aromatic N) is 2. The summed E-state index contributed by atoms with van der Waals surface area (Å²) in [6.45, 7) is 3.13. The average Bonchev–Trinajstić information content (AvgIpc) is 2.94. The number of hydrogen-bond acceptors (Lipinski definition) is 3. The quantitative estimate of drug-likeness (QED) is 0.881. The van der Waals surface area contributed by atoms with Crippen LogP contribution >= 0.6 is 0 Å². The number of nitrogens with one attached hydrogen (secondary N) is 1. The minimum absolute atomic E-state index is 0.652. The SMILES string of the molecule is C1=NCCN1c1ccccc1CC1CCCCN1. The predicted octanol–water partition coefficient (Wildman–Crippen LogP) is 2.22. The van der Waals surface area contributed by atoms with Gasteiger partial charge < -0.3 is 10.2 Å². The molecule has 0 radical (unpaired) electrons. The molecule has 1 aromatic rings. The van der Waals surface area contributed by atoms with Crippen molar-refractivity contribution < 1.29 is 0 Å². The van der Waals surface area contributed by atoms with E-state index >= 15 is 0 Å². The van der Waals surface area contributed by atoms with Crippen LogP contribution in [0.5, 0.6) is 0 Å². The van der Waals surface area contributed by atoms with Crippen LogP contribution < -0.4 is 10.2 Å². The van der Waals surface area contributed by atoms with Crippen molar-refractivity contribution in [3.63, 3.8) is 0 Å². The van der Waals surface area contributed by atoms with E-state index in [9.17, 15) is 0 Å². The van der Waals surface area contributed by atoms with Gasteiger partial charge in [0.15, 0.2) is 0 Å². The first-order chi connectivity index (χ1) is 8.93. The topological polar surface area (TPSA) is 27.6 Å². The molecule has 0 bridgehead atoms. The molecule has 2 aliphatic rings. The van der Waals surface area contributed by atoms with Gasteiger partial charge >= 0.3 is 0 Å². The van der Waals surface area contributed by atoms with Crippen LogP contribution in [0.3, 0.4) is 0 Å². The Morgan fingerprint density at radius 3 is 3.00 bits per heavy atom. The van der Waals surface area contributed by atoms with Gasteiger partial charge in [-0.25, -0.2) is 0 Å². The van der Waals surface area contributed by atoms with Gasteiger partial charge in [0.25, 0.3) is 0 Å². The van der Waals surface area contributed by atoms with Gasteiger partial charge in [-0.15, -0.1) is 0 Å². The molecule has 2 heterocycles. The number of hydrogen-bond donors (Lipinski definition) is 1. The molecular weight excluding hydrogens is 222 g/mol. The highest BCUT2D eigenvalue weighted by atomic mass is 15.2. The molecule has 1 fully saturated rings. The Labute approximate surface area is 109 Å². The number of piperidine rings is 1. The van der Waals surface area contributed by atoms with Crippen LogP contribution in [-0.4, -0.2) is 32.0 Å². The van der Waals surface area contributed by atoms with Crippen molar-refractivity contribution in [2.45, 2.75) is 31.7 Å². The van der Waals surface area contributed by atoms with Crippen molar-refractivity contribution >= 4 is 12.0 Å². The van der Waals surface area contributed by atoms with E-state index in [4.69, 9.17) is 0 Å². The summed E-state index contributed by atoms with van der Waals surface area (Å²) < 4.78 is 0. The normalized spacial score (nSPS) is 23.6. The summed E-state index contributed by atoms with van der Waals surface area (Å²) in [6, 6.07) is 9.40. The summed E-state index contributed by atoms with van der Waals surface area (Å²) in [6.07, 6.45) is 7.12. The molecule has 1 aromatic carbocycles. The minimum Gasteiger partial charge on any atom is -0.331 e. The number of para-hydroxylation sites is 1. The van der Waals surface area contributed by atoms with Crippen LogP contribution in [0.2, 0.25) is 0 Å². The Hall–Kier alpha value is -1.35.